The van der Waals surface area contributed by atoms with Crippen LogP contribution in [0.4, 0.5) is 0 Å². The van der Waals surface area contributed by atoms with Gasteiger partial charge in [0.1, 0.15) is 0 Å². The highest BCUT2D eigenvalue weighted by Gasteiger charge is 2.08. The largest absolute Gasteiger partial charge is 0.370 e. The Morgan fingerprint density at radius 3 is 2.80 bits per heavy atom. The zero-order valence-corrected chi connectivity index (χ0v) is 15.8. The van der Waals surface area contributed by atoms with Crippen molar-refractivity contribution in [1.82, 2.24) is 10.3 Å². The van der Waals surface area contributed by atoms with Gasteiger partial charge in [0.25, 0.3) is 0 Å². The second-order valence-electron chi connectivity index (χ2n) is 4.94. The minimum absolute atomic E-state index is 0. The lowest BCUT2D eigenvalue weighted by molar-refractivity contribution is 0.651. The molecule has 3 N–H and O–H groups in total. The first-order valence-electron chi connectivity index (χ1n) is 7.09. The quantitative estimate of drug-likeness (QED) is 0.298. The average molecular weight is 410 g/mol. The fourth-order valence-electron chi connectivity index (χ4n) is 1.74. The third kappa shape index (κ3) is 8.04. The zero-order chi connectivity index (χ0) is 14.1. The van der Waals surface area contributed by atoms with E-state index in [-0.39, 0.29) is 24.0 Å². The van der Waals surface area contributed by atoms with Crippen molar-refractivity contribution in [3.8, 4) is 0 Å². The maximum Gasteiger partial charge on any atom is 0.188 e. The summed E-state index contributed by atoms with van der Waals surface area (Å²) in [6.07, 6.45) is 4.96. The topological polar surface area (TPSA) is 63.3 Å². The van der Waals surface area contributed by atoms with Gasteiger partial charge in [0, 0.05) is 23.5 Å². The number of aromatic nitrogens is 1. The molecule has 0 fully saturated rings. The van der Waals surface area contributed by atoms with E-state index in [0.29, 0.717) is 18.4 Å². The predicted molar refractivity (Wildman–Crippen MR) is 99.3 cm³/mol. The molecule has 0 bridgehead atoms. The van der Waals surface area contributed by atoms with Crippen LogP contribution < -0.4 is 11.1 Å². The molecule has 0 aromatic carbocycles. The van der Waals surface area contributed by atoms with Crippen molar-refractivity contribution in [3.63, 3.8) is 0 Å². The van der Waals surface area contributed by atoms with Crippen molar-refractivity contribution < 1.29 is 0 Å². The SMILES string of the molecule is CCCCCCNC(N)=NCC(C)c1nc(C)cs1.I. The van der Waals surface area contributed by atoms with Crippen LogP contribution in [0, 0.1) is 6.92 Å². The van der Waals surface area contributed by atoms with Gasteiger partial charge < -0.3 is 11.1 Å². The van der Waals surface area contributed by atoms with Gasteiger partial charge >= 0.3 is 0 Å². The number of aryl methyl sites for hydroxylation is 1. The summed E-state index contributed by atoms with van der Waals surface area (Å²) in [6.45, 7) is 7.98. The summed E-state index contributed by atoms with van der Waals surface area (Å²) in [6, 6.07) is 0. The summed E-state index contributed by atoms with van der Waals surface area (Å²) in [5.41, 5.74) is 6.92. The fourth-order valence-corrected chi connectivity index (χ4v) is 2.58. The van der Waals surface area contributed by atoms with E-state index in [9.17, 15) is 0 Å². The normalized spacial score (nSPS) is 12.8. The molecule has 0 aliphatic rings. The summed E-state index contributed by atoms with van der Waals surface area (Å²) in [5.74, 6) is 0.885. The Labute approximate surface area is 143 Å². The first-order valence-corrected chi connectivity index (χ1v) is 7.97. The van der Waals surface area contributed by atoms with Crippen molar-refractivity contribution in [3.05, 3.63) is 16.1 Å². The van der Waals surface area contributed by atoms with E-state index in [4.69, 9.17) is 5.73 Å². The molecule has 1 atom stereocenters. The third-order valence-electron chi connectivity index (χ3n) is 2.93. The molecule has 0 saturated carbocycles. The number of halogens is 1. The Morgan fingerprint density at radius 2 is 2.20 bits per heavy atom. The Balaban J connectivity index is 0.00000361. The Bertz CT molecular complexity index is 392. The predicted octanol–water partition coefficient (Wildman–Crippen LogP) is 3.66. The van der Waals surface area contributed by atoms with E-state index in [1.807, 2.05) is 6.92 Å². The van der Waals surface area contributed by atoms with Crippen molar-refractivity contribution in [2.45, 2.75) is 52.4 Å². The Kier molecular flexibility index (Phi) is 11.1. The molecule has 0 saturated heterocycles. The van der Waals surface area contributed by atoms with E-state index in [1.54, 1.807) is 11.3 Å². The number of nitrogens with zero attached hydrogens (tertiary/aromatic N) is 2. The molecular weight excluding hydrogens is 383 g/mol. The van der Waals surface area contributed by atoms with Gasteiger partial charge in [0.15, 0.2) is 5.96 Å². The first kappa shape index (κ1) is 19.6. The molecule has 116 valence electrons. The number of nitrogens with one attached hydrogen (secondary N) is 1. The van der Waals surface area contributed by atoms with Crippen LogP contribution in [0.5, 0.6) is 0 Å². The highest BCUT2D eigenvalue weighted by molar-refractivity contribution is 14.0. The number of guanidine groups is 1. The lowest BCUT2D eigenvalue weighted by atomic mass is 10.2. The number of nitrogens with two attached hydrogens (primary N) is 1. The number of rotatable bonds is 8. The molecule has 1 aromatic rings. The number of hydrogen-bond donors (Lipinski definition) is 2. The number of hydrogen-bond acceptors (Lipinski definition) is 3. The summed E-state index contributed by atoms with van der Waals surface area (Å²) >= 11 is 1.69. The monoisotopic (exact) mass is 410 g/mol. The molecule has 0 amide bonds. The van der Waals surface area contributed by atoms with Crippen LogP contribution in [-0.2, 0) is 0 Å². The highest BCUT2D eigenvalue weighted by atomic mass is 127. The van der Waals surface area contributed by atoms with E-state index < -0.39 is 0 Å². The third-order valence-corrected chi connectivity index (χ3v) is 4.12. The highest BCUT2D eigenvalue weighted by Crippen LogP contribution is 2.19. The molecule has 0 radical (unpaired) electrons. The van der Waals surface area contributed by atoms with Gasteiger partial charge in [-0.25, -0.2) is 4.98 Å². The maximum absolute atomic E-state index is 5.84. The Morgan fingerprint density at radius 1 is 1.45 bits per heavy atom. The van der Waals surface area contributed by atoms with Crippen molar-refractivity contribution in [2.75, 3.05) is 13.1 Å². The molecule has 0 spiro atoms. The summed E-state index contributed by atoms with van der Waals surface area (Å²) in [7, 11) is 0. The number of aliphatic imine (C=N–C) groups is 1. The minimum Gasteiger partial charge on any atom is -0.370 e. The van der Waals surface area contributed by atoms with Gasteiger partial charge in [-0.3, -0.25) is 4.99 Å². The molecular formula is C14H27IN4S. The summed E-state index contributed by atoms with van der Waals surface area (Å²) < 4.78 is 0. The van der Waals surface area contributed by atoms with Crippen LogP contribution in [0.15, 0.2) is 10.4 Å². The van der Waals surface area contributed by atoms with Crippen LogP contribution >= 0.6 is 35.3 Å². The molecule has 1 heterocycles. The van der Waals surface area contributed by atoms with Crippen molar-refractivity contribution >= 4 is 41.3 Å². The lowest BCUT2D eigenvalue weighted by Crippen LogP contribution is -2.32. The van der Waals surface area contributed by atoms with Crippen LogP contribution in [0.1, 0.15) is 56.2 Å². The molecule has 20 heavy (non-hydrogen) atoms. The first-order chi connectivity index (χ1) is 9.13. The van der Waals surface area contributed by atoms with Crippen LogP contribution in [0.2, 0.25) is 0 Å². The molecule has 0 aliphatic heterocycles. The fraction of sp³-hybridized carbons (Fsp3) is 0.714. The van der Waals surface area contributed by atoms with Crippen molar-refractivity contribution in [2.24, 2.45) is 10.7 Å². The smallest absolute Gasteiger partial charge is 0.188 e. The maximum atomic E-state index is 5.84. The number of thiazole rings is 1. The molecule has 4 nitrogen and oxygen atoms in total. The lowest BCUT2D eigenvalue weighted by Gasteiger charge is -2.07. The van der Waals surface area contributed by atoms with Crippen LogP contribution in [0.3, 0.4) is 0 Å². The Hall–Kier alpha value is -0.370. The molecule has 1 rings (SSSR count). The number of unbranched alkanes of at least 4 members (excludes halogenated alkanes) is 3. The molecule has 0 aliphatic carbocycles. The van der Waals surface area contributed by atoms with E-state index in [1.165, 1.54) is 19.3 Å². The van der Waals surface area contributed by atoms with Gasteiger partial charge in [-0.1, -0.05) is 33.1 Å². The van der Waals surface area contributed by atoms with E-state index in [2.05, 4.69) is 34.5 Å². The van der Waals surface area contributed by atoms with Crippen molar-refractivity contribution in [1.29, 1.82) is 0 Å². The van der Waals surface area contributed by atoms with Gasteiger partial charge in [0.05, 0.1) is 11.6 Å². The second kappa shape index (κ2) is 11.3. The zero-order valence-electron chi connectivity index (χ0n) is 12.7. The van der Waals surface area contributed by atoms with Gasteiger partial charge in [-0.15, -0.1) is 35.3 Å². The molecule has 6 heteroatoms. The molecule has 1 unspecified atom stereocenters. The average Bonchev–Trinajstić information content (AvgIpc) is 2.82. The second-order valence-corrected chi connectivity index (χ2v) is 5.83. The standard InChI is InChI=1S/C14H26N4S.HI/c1-4-5-6-7-8-16-14(15)17-9-11(2)13-18-12(3)10-19-13;/h10-11H,4-9H2,1-3H3,(H3,15,16,17);1H. The van der Waals surface area contributed by atoms with Gasteiger partial charge in [-0.2, -0.15) is 0 Å². The van der Waals surface area contributed by atoms with Crippen LogP contribution in [0.25, 0.3) is 0 Å². The minimum atomic E-state index is 0. The van der Waals surface area contributed by atoms with E-state index in [0.717, 1.165) is 23.7 Å². The summed E-state index contributed by atoms with van der Waals surface area (Å²) in [5, 5.41) is 6.37. The van der Waals surface area contributed by atoms with E-state index >= 15 is 0 Å². The molecule has 1 aromatic heterocycles. The van der Waals surface area contributed by atoms with Gasteiger partial charge in [-0.05, 0) is 13.3 Å². The van der Waals surface area contributed by atoms with Crippen LogP contribution in [-0.4, -0.2) is 24.0 Å². The van der Waals surface area contributed by atoms with Gasteiger partial charge in [0.2, 0.25) is 0 Å². The summed E-state index contributed by atoms with van der Waals surface area (Å²) in [4.78, 5) is 8.85.